The van der Waals surface area contributed by atoms with Crippen molar-refractivity contribution in [2.45, 2.75) is 56.5 Å². The molecular weight excluding hydrogens is 555 g/mol. The van der Waals surface area contributed by atoms with Gasteiger partial charge < -0.3 is 19.7 Å². The first-order valence-corrected chi connectivity index (χ1v) is 15.4. The average Bonchev–Trinajstić information content (AvgIpc) is 3.34. The fourth-order valence-electron chi connectivity index (χ4n) is 7.64. The summed E-state index contributed by atoms with van der Waals surface area (Å²) in [7, 11) is 1.78. The van der Waals surface area contributed by atoms with E-state index in [1.54, 1.807) is 13.3 Å². The van der Waals surface area contributed by atoms with E-state index in [0.717, 1.165) is 69.1 Å². The molecule has 4 aliphatic rings. The van der Waals surface area contributed by atoms with Crippen LogP contribution in [-0.2, 0) is 4.74 Å². The van der Waals surface area contributed by atoms with E-state index in [2.05, 4.69) is 20.1 Å². The maximum Gasteiger partial charge on any atom is 0.320 e. The lowest BCUT2D eigenvalue weighted by Crippen LogP contribution is -2.56. The zero-order chi connectivity index (χ0) is 28.4. The van der Waals surface area contributed by atoms with E-state index < -0.39 is 5.82 Å². The minimum absolute atomic E-state index is 0.157. The van der Waals surface area contributed by atoms with Gasteiger partial charge in [0.2, 0.25) is 0 Å². The number of hydrogen-bond donors (Lipinski definition) is 1. The van der Waals surface area contributed by atoms with E-state index >= 15 is 4.39 Å². The van der Waals surface area contributed by atoms with Crippen molar-refractivity contribution in [1.82, 2.24) is 25.2 Å². The number of piperidine rings is 2. The Morgan fingerprint density at radius 2 is 1.83 bits per heavy atom. The monoisotopic (exact) mass is 588 g/mol. The molecule has 6 atom stereocenters. The summed E-state index contributed by atoms with van der Waals surface area (Å²) in [6.07, 6.45) is 7.14. The number of aromatic nitrogens is 3. The molecule has 0 spiro atoms. The fraction of sp³-hybridized carbons (Fsp3) is 0.469. The van der Waals surface area contributed by atoms with E-state index in [4.69, 9.17) is 31.0 Å². The van der Waals surface area contributed by atoms with E-state index in [-0.39, 0.29) is 29.6 Å². The second-order valence-electron chi connectivity index (χ2n) is 12.2. The lowest BCUT2D eigenvalue weighted by molar-refractivity contribution is -0.121. The average molecular weight is 589 g/mol. The van der Waals surface area contributed by atoms with Crippen molar-refractivity contribution in [3.8, 4) is 17.3 Å². The number of methoxy groups -OCH3 is 1. The Balaban J connectivity index is 1.26. The third kappa shape index (κ3) is 4.49. The molecule has 2 aromatic carbocycles. The highest BCUT2D eigenvalue weighted by Gasteiger charge is 2.41. The summed E-state index contributed by atoms with van der Waals surface area (Å²) in [5.41, 5.74) is 1.08. The quantitative estimate of drug-likeness (QED) is 0.332. The van der Waals surface area contributed by atoms with Gasteiger partial charge in [-0.25, -0.2) is 4.39 Å². The van der Waals surface area contributed by atoms with Crippen LogP contribution in [0.2, 0.25) is 5.02 Å². The zero-order valence-corrected chi connectivity index (χ0v) is 24.4. The molecule has 1 N–H and O–H groups in total. The number of nitrogens with zero attached hydrogens (tertiary/aromatic N) is 5. The van der Waals surface area contributed by atoms with Gasteiger partial charge >= 0.3 is 6.01 Å². The molecule has 0 saturated carbocycles. The smallest absolute Gasteiger partial charge is 0.320 e. The number of halogens is 2. The highest BCUT2D eigenvalue weighted by molar-refractivity contribution is 6.36. The molecule has 0 radical (unpaired) electrons. The zero-order valence-electron chi connectivity index (χ0n) is 23.6. The van der Waals surface area contributed by atoms with Gasteiger partial charge in [0.1, 0.15) is 17.0 Å². The largest absolute Gasteiger partial charge is 0.444 e. The standard InChI is InChI=1S/C32H34ClFN6O2/c1-41-22-13-19-7-4-12-39(17-22)31(19)42-32-37-29-24(30(38-32)40-15-20-10-11-21(16-40)36-20)14-35-28(27(29)34)23-8-2-5-18-6-3-9-25(33)26(18)23/h2-3,5-6,8-9,14,19-22,31,36H,4,7,10-13,15-17H2,1H3/t19-,20?,21?,22-,31?/m0/s1. The van der Waals surface area contributed by atoms with Crippen LogP contribution in [-0.4, -0.2) is 77.6 Å². The third-order valence-electron chi connectivity index (χ3n) is 9.62. The highest BCUT2D eigenvalue weighted by atomic mass is 35.5. The topological polar surface area (TPSA) is 75.6 Å². The van der Waals surface area contributed by atoms with Crippen molar-refractivity contribution in [3.63, 3.8) is 0 Å². The molecule has 8 nitrogen and oxygen atoms in total. The molecular formula is C32H34ClFN6O2. The molecule has 42 heavy (non-hydrogen) atoms. The number of piperazine rings is 1. The van der Waals surface area contributed by atoms with Gasteiger partial charge in [0, 0.05) is 73.5 Å². The van der Waals surface area contributed by atoms with Crippen LogP contribution >= 0.6 is 11.6 Å². The molecule has 0 aliphatic carbocycles. The summed E-state index contributed by atoms with van der Waals surface area (Å²) in [5.74, 6) is 0.508. The molecule has 2 aromatic heterocycles. The second-order valence-corrected chi connectivity index (χ2v) is 12.6. The van der Waals surface area contributed by atoms with Gasteiger partial charge in [0.15, 0.2) is 12.0 Å². The van der Waals surface area contributed by atoms with Gasteiger partial charge in [0.05, 0.1) is 11.5 Å². The van der Waals surface area contributed by atoms with Crippen molar-refractivity contribution < 1.29 is 13.9 Å². The van der Waals surface area contributed by atoms with Crippen molar-refractivity contribution >= 4 is 39.1 Å². The molecule has 4 unspecified atom stereocenters. The Kier molecular flexibility index (Phi) is 6.66. The molecule has 218 valence electrons. The van der Waals surface area contributed by atoms with Gasteiger partial charge in [0.25, 0.3) is 0 Å². The first-order valence-electron chi connectivity index (χ1n) is 15.0. The molecule has 10 heteroatoms. The maximum atomic E-state index is 16.7. The second kappa shape index (κ2) is 10.6. The van der Waals surface area contributed by atoms with Crippen molar-refractivity contribution in [3.05, 3.63) is 53.4 Å². The van der Waals surface area contributed by atoms with Crippen molar-refractivity contribution in [1.29, 1.82) is 0 Å². The van der Waals surface area contributed by atoms with Gasteiger partial charge in [-0.1, -0.05) is 41.9 Å². The summed E-state index contributed by atoms with van der Waals surface area (Å²) in [5, 5.41) is 6.53. The fourth-order valence-corrected chi connectivity index (χ4v) is 7.93. The molecule has 4 aliphatic heterocycles. The predicted molar refractivity (Wildman–Crippen MR) is 162 cm³/mol. The molecule has 4 fully saturated rings. The van der Waals surface area contributed by atoms with Crippen LogP contribution in [0.3, 0.4) is 0 Å². The Hall–Kier alpha value is -3.11. The number of pyridine rings is 1. The van der Waals surface area contributed by atoms with Crippen LogP contribution in [0, 0.1) is 11.7 Å². The molecule has 0 amide bonds. The number of anilines is 1. The van der Waals surface area contributed by atoms with E-state index in [0.29, 0.717) is 39.8 Å². The summed E-state index contributed by atoms with van der Waals surface area (Å²) in [6, 6.07) is 12.4. The maximum absolute atomic E-state index is 16.7. The summed E-state index contributed by atoms with van der Waals surface area (Å²) in [4.78, 5) is 19.0. The molecule has 4 bridgehead atoms. The van der Waals surface area contributed by atoms with Crippen LogP contribution in [0.15, 0.2) is 42.6 Å². The molecule has 8 rings (SSSR count). The number of rotatable bonds is 5. The van der Waals surface area contributed by atoms with Crippen LogP contribution < -0.4 is 15.0 Å². The van der Waals surface area contributed by atoms with Crippen LogP contribution in [0.5, 0.6) is 6.01 Å². The Labute approximate surface area is 249 Å². The van der Waals surface area contributed by atoms with Crippen LogP contribution in [0.25, 0.3) is 32.9 Å². The summed E-state index contributed by atoms with van der Waals surface area (Å²) in [6.45, 7) is 3.35. The molecule has 6 heterocycles. The first kappa shape index (κ1) is 26.5. The van der Waals surface area contributed by atoms with E-state index in [1.807, 2.05) is 36.4 Å². The van der Waals surface area contributed by atoms with E-state index in [9.17, 15) is 0 Å². The van der Waals surface area contributed by atoms with Crippen molar-refractivity contribution in [2.75, 3.05) is 38.2 Å². The number of hydrogen-bond acceptors (Lipinski definition) is 8. The minimum Gasteiger partial charge on any atom is -0.444 e. The molecule has 4 saturated heterocycles. The third-order valence-corrected chi connectivity index (χ3v) is 9.93. The van der Waals surface area contributed by atoms with Gasteiger partial charge in [-0.15, -0.1) is 0 Å². The lowest BCUT2D eigenvalue weighted by atomic mass is 9.86. The number of benzene rings is 2. The minimum atomic E-state index is -0.491. The first-order chi connectivity index (χ1) is 20.6. The van der Waals surface area contributed by atoms with Crippen molar-refractivity contribution in [2.24, 2.45) is 5.92 Å². The summed E-state index contributed by atoms with van der Waals surface area (Å²) < 4.78 is 29.0. The Morgan fingerprint density at radius 3 is 2.62 bits per heavy atom. The normalized spacial score (nSPS) is 28.9. The predicted octanol–water partition coefficient (Wildman–Crippen LogP) is 5.41. The highest BCUT2D eigenvalue weighted by Crippen LogP contribution is 2.39. The number of nitrogens with one attached hydrogen (secondary N) is 1. The SMILES string of the molecule is CO[C@H]1C[C@@H]2CCCN(C1)C2Oc1nc(N2CC3CCC(C2)N3)c2cnc(-c3cccc4cccc(Cl)c34)c(F)c2n1. The lowest BCUT2D eigenvalue weighted by Gasteiger charge is -2.46. The number of ether oxygens (including phenoxy) is 2. The molecule has 4 aromatic rings. The number of fused-ring (bicyclic) bond motifs is 6. The van der Waals surface area contributed by atoms with Gasteiger partial charge in [-0.3, -0.25) is 9.88 Å². The van der Waals surface area contributed by atoms with Crippen LogP contribution in [0.1, 0.15) is 32.1 Å². The Bertz CT molecular complexity index is 1640. The summed E-state index contributed by atoms with van der Waals surface area (Å²) >= 11 is 6.62. The Morgan fingerprint density at radius 1 is 1.02 bits per heavy atom. The van der Waals surface area contributed by atoms with Gasteiger partial charge in [-0.05, 0) is 43.6 Å². The van der Waals surface area contributed by atoms with Crippen LogP contribution in [0.4, 0.5) is 10.2 Å². The van der Waals surface area contributed by atoms with Gasteiger partial charge in [-0.2, -0.15) is 9.97 Å². The van der Waals surface area contributed by atoms with E-state index in [1.165, 1.54) is 0 Å².